The van der Waals surface area contributed by atoms with Crippen LogP contribution in [-0.4, -0.2) is 29.9 Å². The SMILES string of the molecule is CCC(Br)C(=O)Nc1cccc(N2CCNC2=O)c1. The third-order valence-corrected chi connectivity index (χ3v) is 3.99. The molecule has 1 atom stereocenters. The van der Waals surface area contributed by atoms with E-state index in [1.54, 1.807) is 11.0 Å². The summed E-state index contributed by atoms with van der Waals surface area (Å²) < 4.78 is 0. The number of carbonyl (C=O) groups excluding carboxylic acids is 2. The lowest BCUT2D eigenvalue weighted by molar-refractivity contribution is -0.115. The van der Waals surface area contributed by atoms with Gasteiger partial charge in [0.05, 0.1) is 4.83 Å². The van der Waals surface area contributed by atoms with Crippen molar-refractivity contribution in [2.45, 2.75) is 18.2 Å². The summed E-state index contributed by atoms with van der Waals surface area (Å²) in [5.41, 5.74) is 1.48. The molecule has 0 aliphatic carbocycles. The van der Waals surface area contributed by atoms with Gasteiger partial charge in [-0.1, -0.05) is 28.9 Å². The molecule has 1 unspecified atom stereocenters. The molecule has 1 fully saturated rings. The van der Waals surface area contributed by atoms with Crippen molar-refractivity contribution in [2.24, 2.45) is 0 Å². The van der Waals surface area contributed by atoms with Gasteiger partial charge in [0.2, 0.25) is 5.91 Å². The summed E-state index contributed by atoms with van der Waals surface area (Å²) in [5.74, 6) is -0.0782. The van der Waals surface area contributed by atoms with Gasteiger partial charge in [0.15, 0.2) is 0 Å². The van der Waals surface area contributed by atoms with E-state index < -0.39 is 0 Å². The topological polar surface area (TPSA) is 61.4 Å². The largest absolute Gasteiger partial charge is 0.336 e. The summed E-state index contributed by atoms with van der Waals surface area (Å²) in [6, 6.07) is 7.19. The van der Waals surface area contributed by atoms with Crippen LogP contribution in [0.25, 0.3) is 0 Å². The van der Waals surface area contributed by atoms with E-state index in [4.69, 9.17) is 0 Å². The first-order chi connectivity index (χ1) is 9.11. The zero-order valence-electron chi connectivity index (χ0n) is 10.6. The summed E-state index contributed by atoms with van der Waals surface area (Å²) in [5, 5.41) is 5.57. The molecular formula is C13H16BrN3O2. The number of carbonyl (C=O) groups is 2. The molecule has 6 heteroatoms. The Labute approximate surface area is 120 Å². The Kier molecular flexibility index (Phi) is 4.42. The van der Waals surface area contributed by atoms with E-state index in [0.29, 0.717) is 18.8 Å². The highest BCUT2D eigenvalue weighted by Gasteiger charge is 2.21. The number of amides is 3. The summed E-state index contributed by atoms with van der Waals surface area (Å²) in [6.07, 6.45) is 0.722. The average Bonchev–Trinajstić information content (AvgIpc) is 2.84. The van der Waals surface area contributed by atoms with E-state index in [-0.39, 0.29) is 16.8 Å². The van der Waals surface area contributed by atoms with Gasteiger partial charge in [0.1, 0.15) is 0 Å². The molecule has 0 bridgehead atoms. The number of nitrogens with zero attached hydrogens (tertiary/aromatic N) is 1. The lowest BCUT2D eigenvalue weighted by Crippen LogP contribution is -2.28. The quantitative estimate of drug-likeness (QED) is 0.834. The second-order valence-corrected chi connectivity index (χ2v) is 5.40. The number of alkyl halides is 1. The molecule has 19 heavy (non-hydrogen) atoms. The molecule has 2 N–H and O–H groups in total. The number of urea groups is 1. The first-order valence-corrected chi connectivity index (χ1v) is 7.13. The highest BCUT2D eigenvalue weighted by molar-refractivity contribution is 9.10. The zero-order chi connectivity index (χ0) is 13.8. The van der Waals surface area contributed by atoms with E-state index in [1.807, 2.05) is 25.1 Å². The molecule has 0 spiro atoms. The average molecular weight is 326 g/mol. The van der Waals surface area contributed by atoms with Gasteiger partial charge in [-0.05, 0) is 24.6 Å². The molecule has 1 aromatic rings. The Morgan fingerprint density at radius 3 is 3.00 bits per heavy atom. The molecule has 1 aliphatic rings. The second-order valence-electron chi connectivity index (χ2n) is 4.30. The van der Waals surface area contributed by atoms with E-state index in [2.05, 4.69) is 26.6 Å². The lowest BCUT2D eigenvalue weighted by Gasteiger charge is -2.16. The normalized spacial score (nSPS) is 16.1. The smallest absolute Gasteiger partial charge is 0.321 e. The Bertz CT molecular complexity index is 493. The van der Waals surface area contributed by atoms with Gasteiger partial charge in [-0.25, -0.2) is 4.79 Å². The number of anilines is 2. The van der Waals surface area contributed by atoms with Gasteiger partial charge in [-0.3, -0.25) is 9.69 Å². The van der Waals surface area contributed by atoms with Gasteiger partial charge in [-0.2, -0.15) is 0 Å². The molecule has 1 aromatic carbocycles. The van der Waals surface area contributed by atoms with Gasteiger partial charge in [0, 0.05) is 24.5 Å². The summed E-state index contributed by atoms with van der Waals surface area (Å²) >= 11 is 3.31. The number of rotatable bonds is 4. The second kappa shape index (κ2) is 6.06. The molecule has 102 valence electrons. The Balaban J connectivity index is 2.11. The number of hydrogen-bond donors (Lipinski definition) is 2. The van der Waals surface area contributed by atoms with Gasteiger partial charge in [0.25, 0.3) is 0 Å². The molecule has 0 saturated carbocycles. The third-order valence-electron chi connectivity index (χ3n) is 2.93. The van der Waals surface area contributed by atoms with E-state index in [9.17, 15) is 9.59 Å². The molecule has 0 aromatic heterocycles. The zero-order valence-corrected chi connectivity index (χ0v) is 12.2. The van der Waals surface area contributed by atoms with Crippen LogP contribution in [0.15, 0.2) is 24.3 Å². The van der Waals surface area contributed by atoms with Crippen molar-refractivity contribution in [1.82, 2.24) is 5.32 Å². The van der Waals surface area contributed by atoms with Gasteiger partial charge >= 0.3 is 6.03 Å². The summed E-state index contributed by atoms with van der Waals surface area (Å²) in [7, 11) is 0. The highest BCUT2D eigenvalue weighted by atomic mass is 79.9. The van der Waals surface area contributed by atoms with E-state index in [1.165, 1.54) is 0 Å². The van der Waals surface area contributed by atoms with Crippen LogP contribution in [0.1, 0.15) is 13.3 Å². The van der Waals surface area contributed by atoms with E-state index >= 15 is 0 Å². The van der Waals surface area contributed by atoms with Crippen LogP contribution < -0.4 is 15.5 Å². The third kappa shape index (κ3) is 3.26. The Morgan fingerprint density at radius 2 is 2.37 bits per heavy atom. The molecule has 1 aliphatic heterocycles. The fourth-order valence-electron chi connectivity index (χ4n) is 1.88. The minimum atomic E-state index is -0.203. The monoisotopic (exact) mass is 325 g/mol. The predicted octanol–water partition coefficient (Wildman–Crippen LogP) is 2.33. The maximum atomic E-state index is 11.8. The van der Waals surface area contributed by atoms with Crippen LogP contribution in [0.2, 0.25) is 0 Å². The van der Waals surface area contributed by atoms with Gasteiger partial charge < -0.3 is 10.6 Å². The highest BCUT2D eigenvalue weighted by Crippen LogP contribution is 2.21. The van der Waals surface area contributed by atoms with Crippen LogP contribution in [-0.2, 0) is 4.79 Å². The van der Waals surface area contributed by atoms with Gasteiger partial charge in [-0.15, -0.1) is 0 Å². The van der Waals surface area contributed by atoms with Crippen LogP contribution in [0.4, 0.5) is 16.2 Å². The van der Waals surface area contributed by atoms with Crippen molar-refractivity contribution in [1.29, 1.82) is 0 Å². The maximum absolute atomic E-state index is 11.8. The molecule has 5 nitrogen and oxygen atoms in total. The van der Waals surface area contributed by atoms with Crippen molar-refractivity contribution in [3.05, 3.63) is 24.3 Å². The first-order valence-electron chi connectivity index (χ1n) is 6.22. The van der Waals surface area contributed by atoms with Crippen molar-refractivity contribution in [2.75, 3.05) is 23.3 Å². The van der Waals surface area contributed by atoms with Crippen LogP contribution >= 0.6 is 15.9 Å². The summed E-state index contributed by atoms with van der Waals surface area (Å²) in [6.45, 7) is 3.23. The van der Waals surface area contributed by atoms with Crippen molar-refractivity contribution in [3.8, 4) is 0 Å². The predicted molar refractivity (Wildman–Crippen MR) is 78.8 cm³/mol. The van der Waals surface area contributed by atoms with Crippen LogP contribution in [0.3, 0.4) is 0 Å². The molecular weight excluding hydrogens is 310 g/mol. The summed E-state index contributed by atoms with van der Waals surface area (Å²) in [4.78, 5) is 24.8. The van der Waals surface area contributed by atoms with Crippen molar-refractivity contribution >= 4 is 39.2 Å². The molecule has 1 saturated heterocycles. The lowest BCUT2D eigenvalue weighted by atomic mass is 10.2. The minimum absolute atomic E-state index is 0.0782. The molecule has 0 radical (unpaired) electrons. The van der Waals surface area contributed by atoms with E-state index in [0.717, 1.165) is 12.1 Å². The van der Waals surface area contributed by atoms with Crippen LogP contribution in [0, 0.1) is 0 Å². The molecule has 2 rings (SSSR count). The molecule has 3 amide bonds. The fourth-order valence-corrected chi connectivity index (χ4v) is 1.99. The Hall–Kier alpha value is -1.56. The standard InChI is InChI=1S/C13H16BrN3O2/c1-2-11(14)12(18)16-9-4-3-5-10(8-9)17-7-6-15-13(17)19/h3-5,8,11H,2,6-7H2,1H3,(H,15,19)(H,16,18). The first kappa shape index (κ1) is 13.9. The number of nitrogens with one attached hydrogen (secondary N) is 2. The Morgan fingerprint density at radius 1 is 1.58 bits per heavy atom. The fraction of sp³-hybridized carbons (Fsp3) is 0.385. The van der Waals surface area contributed by atoms with Crippen molar-refractivity contribution < 1.29 is 9.59 Å². The number of benzene rings is 1. The molecule has 1 heterocycles. The number of halogens is 1. The maximum Gasteiger partial charge on any atom is 0.321 e. The number of hydrogen-bond acceptors (Lipinski definition) is 2. The van der Waals surface area contributed by atoms with Crippen LogP contribution in [0.5, 0.6) is 0 Å². The minimum Gasteiger partial charge on any atom is -0.336 e. The van der Waals surface area contributed by atoms with Crippen molar-refractivity contribution in [3.63, 3.8) is 0 Å².